The summed E-state index contributed by atoms with van der Waals surface area (Å²) in [6, 6.07) is 16.7. The van der Waals surface area contributed by atoms with Gasteiger partial charge in [0.05, 0.1) is 6.04 Å². The summed E-state index contributed by atoms with van der Waals surface area (Å²) in [5, 5.41) is 12.0. The van der Waals surface area contributed by atoms with Crippen LogP contribution in [0.2, 0.25) is 0 Å². The third-order valence-corrected chi connectivity index (χ3v) is 3.45. The number of para-hydroxylation sites is 1. The van der Waals surface area contributed by atoms with Gasteiger partial charge in [0.1, 0.15) is 17.4 Å². The molecule has 0 fully saturated rings. The maximum absolute atomic E-state index is 12.5. The highest BCUT2D eigenvalue weighted by atomic mass is 19.3. The Balaban J connectivity index is 2.20. The summed E-state index contributed by atoms with van der Waals surface area (Å²) in [5.41, 5.74) is 0.907. The van der Waals surface area contributed by atoms with Crippen molar-refractivity contribution in [2.24, 2.45) is 0 Å². The van der Waals surface area contributed by atoms with E-state index >= 15 is 0 Å². The van der Waals surface area contributed by atoms with Crippen LogP contribution in [0.4, 0.5) is 8.78 Å². The molecule has 1 amide bonds. The molecule has 0 bridgehead atoms. The molecule has 0 radical (unpaired) electrons. The van der Waals surface area contributed by atoms with Crippen molar-refractivity contribution in [2.75, 3.05) is 0 Å². The fourth-order valence-electron chi connectivity index (χ4n) is 2.21. The number of hydrogen-bond donors (Lipinski definition) is 1. The molecule has 0 aliphatic carbocycles. The molecule has 0 heterocycles. The van der Waals surface area contributed by atoms with Gasteiger partial charge in [0.25, 0.3) is 5.91 Å². The zero-order chi connectivity index (χ0) is 18.2. The van der Waals surface area contributed by atoms with E-state index in [0.717, 1.165) is 5.56 Å². The van der Waals surface area contributed by atoms with Crippen LogP contribution in [0.3, 0.4) is 0 Å². The third-order valence-electron chi connectivity index (χ3n) is 3.45. The van der Waals surface area contributed by atoms with Crippen molar-refractivity contribution in [3.8, 4) is 11.8 Å². The first-order chi connectivity index (χ1) is 12.0. The summed E-state index contributed by atoms with van der Waals surface area (Å²) in [7, 11) is 0. The molecular weight excluding hydrogens is 326 g/mol. The van der Waals surface area contributed by atoms with Gasteiger partial charge in [-0.15, -0.1) is 0 Å². The molecule has 6 heteroatoms. The second kappa shape index (κ2) is 8.60. The Morgan fingerprint density at radius 3 is 2.44 bits per heavy atom. The van der Waals surface area contributed by atoms with Crippen LogP contribution in [0.5, 0.6) is 5.75 Å². The molecular formula is C19H16F2N2O2. The van der Waals surface area contributed by atoms with Crippen LogP contribution in [-0.4, -0.2) is 12.5 Å². The molecule has 0 spiro atoms. The molecule has 0 aliphatic rings. The van der Waals surface area contributed by atoms with Crippen LogP contribution in [0.25, 0.3) is 6.08 Å². The van der Waals surface area contributed by atoms with E-state index in [4.69, 9.17) is 0 Å². The van der Waals surface area contributed by atoms with Gasteiger partial charge in [-0.3, -0.25) is 4.79 Å². The van der Waals surface area contributed by atoms with E-state index in [1.807, 2.05) is 30.3 Å². The van der Waals surface area contributed by atoms with E-state index in [9.17, 15) is 18.8 Å². The Hall–Kier alpha value is -3.20. The van der Waals surface area contributed by atoms with Gasteiger partial charge < -0.3 is 10.1 Å². The van der Waals surface area contributed by atoms with Gasteiger partial charge in [0.2, 0.25) is 0 Å². The van der Waals surface area contributed by atoms with Gasteiger partial charge in [0.15, 0.2) is 0 Å². The molecule has 25 heavy (non-hydrogen) atoms. The number of hydrogen-bond acceptors (Lipinski definition) is 3. The summed E-state index contributed by atoms with van der Waals surface area (Å²) >= 11 is 0. The SMILES string of the molecule is CC(NC(=O)/C(C#N)=C/c1ccccc1OC(F)F)c1ccccc1. The van der Waals surface area contributed by atoms with Crippen molar-refractivity contribution in [3.63, 3.8) is 0 Å². The zero-order valence-corrected chi connectivity index (χ0v) is 13.4. The van der Waals surface area contributed by atoms with Crippen molar-refractivity contribution in [3.05, 3.63) is 71.3 Å². The fourth-order valence-corrected chi connectivity index (χ4v) is 2.21. The van der Waals surface area contributed by atoms with Crippen molar-refractivity contribution in [1.29, 1.82) is 5.26 Å². The summed E-state index contributed by atoms with van der Waals surface area (Å²) in [5.74, 6) is -0.695. The Bertz CT molecular complexity index is 799. The minimum Gasteiger partial charge on any atom is -0.434 e. The minimum absolute atomic E-state index is 0.103. The van der Waals surface area contributed by atoms with Crippen molar-refractivity contribution >= 4 is 12.0 Å². The zero-order valence-electron chi connectivity index (χ0n) is 13.4. The second-order valence-corrected chi connectivity index (χ2v) is 5.19. The standard InChI is InChI=1S/C19H16F2N2O2/c1-13(14-7-3-2-4-8-14)23-18(24)16(12-22)11-15-9-5-6-10-17(15)25-19(20)21/h2-11,13,19H,1H3,(H,23,24)/b16-11+. The van der Waals surface area contributed by atoms with Gasteiger partial charge in [-0.05, 0) is 24.6 Å². The minimum atomic E-state index is -2.99. The van der Waals surface area contributed by atoms with Gasteiger partial charge in [0, 0.05) is 5.56 Å². The number of nitriles is 1. The van der Waals surface area contributed by atoms with Crippen molar-refractivity contribution in [1.82, 2.24) is 5.32 Å². The number of amides is 1. The highest BCUT2D eigenvalue weighted by molar-refractivity contribution is 6.02. The summed E-state index contributed by atoms with van der Waals surface area (Å²) in [4.78, 5) is 12.3. The molecule has 2 aromatic carbocycles. The first kappa shape index (κ1) is 18.1. The maximum Gasteiger partial charge on any atom is 0.387 e. The molecule has 0 aliphatic heterocycles. The number of nitrogens with zero attached hydrogens (tertiary/aromatic N) is 1. The molecule has 0 saturated carbocycles. The Morgan fingerprint density at radius 2 is 1.80 bits per heavy atom. The molecule has 2 rings (SSSR count). The van der Waals surface area contributed by atoms with Gasteiger partial charge in [-0.2, -0.15) is 14.0 Å². The van der Waals surface area contributed by atoms with E-state index in [1.54, 1.807) is 19.1 Å². The van der Waals surface area contributed by atoms with Crippen LogP contribution in [0.1, 0.15) is 24.1 Å². The van der Waals surface area contributed by atoms with Gasteiger partial charge in [-0.1, -0.05) is 48.5 Å². The highest BCUT2D eigenvalue weighted by Gasteiger charge is 2.15. The smallest absolute Gasteiger partial charge is 0.387 e. The fraction of sp³-hybridized carbons (Fsp3) is 0.158. The lowest BCUT2D eigenvalue weighted by atomic mass is 10.1. The Kier molecular flexibility index (Phi) is 6.24. The summed E-state index contributed by atoms with van der Waals surface area (Å²) < 4.78 is 29.3. The molecule has 1 atom stereocenters. The number of alkyl halides is 2. The molecule has 4 nitrogen and oxygen atoms in total. The summed E-state index contributed by atoms with van der Waals surface area (Å²) in [6.45, 7) is -1.21. The quantitative estimate of drug-likeness (QED) is 0.636. The number of ether oxygens (including phenoxy) is 1. The first-order valence-electron chi connectivity index (χ1n) is 7.52. The van der Waals surface area contributed by atoms with Crippen LogP contribution in [0.15, 0.2) is 60.2 Å². The van der Waals surface area contributed by atoms with E-state index < -0.39 is 12.5 Å². The van der Waals surface area contributed by atoms with Crippen molar-refractivity contribution in [2.45, 2.75) is 19.6 Å². The third kappa shape index (κ3) is 5.15. The second-order valence-electron chi connectivity index (χ2n) is 5.19. The predicted molar refractivity (Wildman–Crippen MR) is 89.7 cm³/mol. The average molecular weight is 342 g/mol. The molecule has 1 N–H and O–H groups in total. The first-order valence-corrected chi connectivity index (χ1v) is 7.52. The summed E-state index contributed by atoms with van der Waals surface area (Å²) in [6.07, 6.45) is 1.23. The lowest BCUT2D eigenvalue weighted by Crippen LogP contribution is -2.27. The number of nitrogens with one attached hydrogen (secondary N) is 1. The van der Waals surface area contributed by atoms with Crippen LogP contribution >= 0.6 is 0 Å². The predicted octanol–water partition coefficient (Wildman–Crippen LogP) is 4.07. The number of carbonyl (C=O) groups is 1. The van der Waals surface area contributed by atoms with Gasteiger partial charge in [-0.25, -0.2) is 0 Å². The molecule has 0 aromatic heterocycles. The average Bonchev–Trinajstić information content (AvgIpc) is 2.61. The number of carbonyl (C=O) groups excluding carboxylic acids is 1. The number of halogens is 2. The van der Waals surface area contributed by atoms with E-state index in [-0.39, 0.29) is 22.9 Å². The highest BCUT2D eigenvalue weighted by Crippen LogP contribution is 2.23. The largest absolute Gasteiger partial charge is 0.434 e. The Labute approximate surface area is 144 Å². The van der Waals surface area contributed by atoms with Crippen LogP contribution in [-0.2, 0) is 4.79 Å². The lowest BCUT2D eigenvalue weighted by Gasteiger charge is -2.14. The topological polar surface area (TPSA) is 62.1 Å². The number of rotatable bonds is 6. The maximum atomic E-state index is 12.5. The molecule has 128 valence electrons. The van der Waals surface area contributed by atoms with E-state index in [0.29, 0.717) is 0 Å². The van der Waals surface area contributed by atoms with Gasteiger partial charge >= 0.3 is 6.61 Å². The van der Waals surface area contributed by atoms with E-state index in [1.165, 1.54) is 24.3 Å². The molecule has 0 saturated heterocycles. The Morgan fingerprint density at radius 1 is 1.16 bits per heavy atom. The molecule has 2 aromatic rings. The molecule has 1 unspecified atom stereocenters. The van der Waals surface area contributed by atoms with Crippen LogP contribution in [0, 0.1) is 11.3 Å². The number of benzene rings is 2. The van der Waals surface area contributed by atoms with E-state index in [2.05, 4.69) is 10.1 Å². The lowest BCUT2D eigenvalue weighted by molar-refractivity contribution is -0.117. The monoisotopic (exact) mass is 342 g/mol. The normalized spacial score (nSPS) is 12.4. The van der Waals surface area contributed by atoms with Crippen molar-refractivity contribution < 1.29 is 18.3 Å². The van der Waals surface area contributed by atoms with Crippen LogP contribution < -0.4 is 10.1 Å².